The lowest BCUT2D eigenvalue weighted by Crippen LogP contribution is -2.31. The lowest BCUT2D eigenvalue weighted by atomic mass is 10.00. The molecule has 0 spiro atoms. The van der Waals surface area contributed by atoms with Gasteiger partial charge in [-0.2, -0.15) is 0 Å². The van der Waals surface area contributed by atoms with Gasteiger partial charge in [-0.15, -0.1) is 0 Å². The minimum Gasteiger partial charge on any atom is -0.347 e. The minimum atomic E-state index is -0.157. The number of imidazole rings is 1. The van der Waals surface area contributed by atoms with Crippen LogP contribution in [0.15, 0.2) is 12.5 Å². The smallest absolute Gasteiger partial charge is 0.231 e. The maximum Gasteiger partial charge on any atom is 0.231 e. The van der Waals surface area contributed by atoms with Crippen LogP contribution in [0.3, 0.4) is 0 Å². The molecule has 2 N–H and O–H groups in total. The van der Waals surface area contributed by atoms with Gasteiger partial charge in [0.2, 0.25) is 11.8 Å². The first-order valence-corrected chi connectivity index (χ1v) is 5.28. The third-order valence-corrected chi connectivity index (χ3v) is 3.26. The number of aromatic nitrogens is 2. The lowest BCUT2D eigenvalue weighted by molar-refractivity contribution is -0.126. The molecule has 0 bridgehead atoms. The molecule has 0 aromatic carbocycles. The molecule has 2 fully saturated rings. The number of fused-ring (bicyclic) bond motifs is 1. The van der Waals surface area contributed by atoms with Crippen molar-refractivity contribution in [2.24, 2.45) is 11.8 Å². The Kier molecular flexibility index (Phi) is 2.03. The number of hydrogen-bond acceptors (Lipinski definition) is 4. The molecule has 16 heavy (non-hydrogen) atoms. The van der Waals surface area contributed by atoms with Crippen LogP contribution < -0.4 is 5.32 Å². The molecule has 1 aromatic rings. The first-order valence-electron chi connectivity index (χ1n) is 5.28. The molecule has 0 unspecified atom stereocenters. The van der Waals surface area contributed by atoms with Crippen LogP contribution in [-0.4, -0.2) is 39.8 Å². The number of imide groups is 1. The van der Waals surface area contributed by atoms with Crippen LogP contribution in [-0.2, 0) is 16.1 Å². The van der Waals surface area contributed by atoms with Crippen molar-refractivity contribution in [3.8, 4) is 0 Å². The summed E-state index contributed by atoms with van der Waals surface area (Å²) in [7, 11) is 0. The third-order valence-electron chi connectivity index (χ3n) is 3.26. The Hall–Kier alpha value is -1.69. The number of nitrogens with one attached hydrogen (secondary N) is 2. The maximum atomic E-state index is 11.4. The van der Waals surface area contributed by atoms with E-state index < -0.39 is 0 Å². The van der Waals surface area contributed by atoms with E-state index in [2.05, 4.69) is 20.2 Å². The van der Waals surface area contributed by atoms with E-state index in [-0.39, 0.29) is 23.7 Å². The fourth-order valence-corrected chi connectivity index (χ4v) is 2.46. The molecule has 1 aromatic heterocycles. The molecule has 2 amide bonds. The van der Waals surface area contributed by atoms with Gasteiger partial charge in [0.25, 0.3) is 0 Å². The SMILES string of the molecule is O=C1NC(=O)[C@@H]2CN(Cc3cnc[nH]3)C[C@H]12. The first-order chi connectivity index (χ1) is 7.74. The zero-order chi connectivity index (χ0) is 11.1. The van der Waals surface area contributed by atoms with Crippen LogP contribution in [0, 0.1) is 11.8 Å². The van der Waals surface area contributed by atoms with Gasteiger partial charge in [-0.1, -0.05) is 0 Å². The quantitative estimate of drug-likeness (QED) is 0.634. The van der Waals surface area contributed by atoms with E-state index >= 15 is 0 Å². The average Bonchev–Trinajstić information content (AvgIpc) is 2.90. The van der Waals surface area contributed by atoms with Crippen LogP contribution in [0.2, 0.25) is 0 Å². The van der Waals surface area contributed by atoms with Crippen molar-refractivity contribution < 1.29 is 9.59 Å². The highest BCUT2D eigenvalue weighted by molar-refractivity contribution is 6.05. The number of rotatable bonds is 2. The molecule has 84 valence electrons. The second kappa shape index (κ2) is 3.41. The van der Waals surface area contributed by atoms with Crippen LogP contribution in [0.4, 0.5) is 0 Å². The van der Waals surface area contributed by atoms with Crippen LogP contribution in [0.5, 0.6) is 0 Å². The number of carbonyl (C=O) groups is 2. The Morgan fingerprint density at radius 1 is 1.31 bits per heavy atom. The summed E-state index contributed by atoms with van der Waals surface area (Å²) in [6.45, 7) is 2.02. The normalized spacial score (nSPS) is 29.5. The highest BCUT2D eigenvalue weighted by Crippen LogP contribution is 2.28. The Balaban J connectivity index is 1.70. The average molecular weight is 220 g/mol. The van der Waals surface area contributed by atoms with Crippen LogP contribution in [0.1, 0.15) is 5.69 Å². The van der Waals surface area contributed by atoms with Gasteiger partial charge in [-0.05, 0) is 0 Å². The molecule has 2 saturated heterocycles. The summed E-state index contributed by atoms with van der Waals surface area (Å²) >= 11 is 0. The number of amides is 2. The summed E-state index contributed by atoms with van der Waals surface area (Å²) in [5.41, 5.74) is 1.01. The molecule has 3 rings (SSSR count). The van der Waals surface area contributed by atoms with E-state index in [1.165, 1.54) is 0 Å². The second-order valence-corrected chi connectivity index (χ2v) is 4.34. The van der Waals surface area contributed by atoms with E-state index in [9.17, 15) is 9.59 Å². The van der Waals surface area contributed by atoms with E-state index in [0.717, 1.165) is 5.69 Å². The topological polar surface area (TPSA) is 78.1 Å². The lowest BCUT2D eigenvalue weighted by Gasteiger charge is -2.14. The Morgan fingerprint density at radius 3 is 2.56 bits per heavy atom. The molecule has 0 saturated carbocycles. The zero-order valence-electron chi connectivity index (χ0n) is 8.64. The fourth-order valence-electron chi connectivity index (χ4n) is 2.46. The Morgan fingerprint density at radius 2 is 2.00 bits per heavy atom. The van der Waals surface area contributed by atoms with Gasteiger partial charge in [0, 0.05) is 31.5 Å². The zero-order valence-corrected chi connectivity index (χ0v) is 8.64. The fraction of sp³-hybridized carbons (Fsp3) is 0.500. The highest BCUT2D eigenvalue weighted by atomic mass is 16.2. The Labute approximate surface area is 92.0 Å². The molecule has 0 radical (unpaired) electrons. The minimum absolute atomic E-state index is 0.123. The van der Waals surface area contributed by atoms with E-state index in [1.807, 2.05) is 0 Å². The van der Waals surface area contributed by atoms with Gasteiger partial charge in [0.05, 0.1) is 18.2 Å². The summed E-state index contributed by atoms with van der Waals surface area (Å²) in [4.78, 5) is 31.9. The number of carbonyl (C=O) groups excluding carboxylic acids is 2. The van der Waals surface area contributed by atoms with Gasteiger partial charge in [-0.25, -0.2) is 4.98 Å². The second-order valence-electron chi connectivity index (χ2n) is 4.34. The standard InChI is InChI=1S/C10H12N4O2/c15-9-7-3-14(2-6-1-11-5-12-6)4-8(7)10(16)13-9/h1,5,7-8H,2-4H2,(H,11,12)(H,13,15,16)/t7-,8+. The predicted octanol–water partition coefficient (Wildman–Crippen LogP) is -0.886. The molecule has 0 aliphatic carbocycles. The van der Waals surface area contributed by atoms with Crippen molar-refractivity contribution in [3.05, 3.63) is 18.2 Å². The van der Waals surface area contributed by atoms with Crippen LogP contribution >= 0.6 is 0 Å². The van der Waals surface area contributed by atoms with Gasteiger partial charge < -0.3 is 4.98 Å². The van der Waals surface area contributed by atoms with Crippen LogP contribution in [0.25, 0.3) is 0 Å². The van der Waals surface area contributed by atoms with Crippen molar-refractivity contribution in [3.63, 3.8) is 0 Å². The molecular formula is C10H12N4O2. The summed E-state index contributed by atoms with van der Waals surface area (Å²) in [6, 6.07) is 0. The number of likely N-dealkylation sites (tertiary alicyclic amines) is 1. The first kappa shape index (κ1) is 9.53. The van der Waals surface area contributed by atoms with E-state index in [4.69, 9.17) is 0 Å². The van der Waals surface area contributed by atoms with Gasteiger partial charge in [0.1, 0.15) is 0 Å². The highest BCUT2D eigenvalue weighted by Gasteiger charge is 2.47. The van der Waals surface area contributed by atoms with Gasteiger partial charge in [0.15, 0.2) is 0 Å². The third kappa shape index (κ3) is 1.42. The summed E-state index contributed by atoms with van der Waals surface area (Å²) in [5.74, 6) is -0.560. The van der Waals surface area contributed by atoms with Crippen molar-refractivity contribution in [1.29, 1.82) is 0 Å². The molecule has 2 aliphatic rings. The number of aromatic amines is 1. The molecule has 3 heterocycles. The molecule has 2 aliphatic heterocycles. The summed E-state index contributed by atoms with van der Waals surface area (Å²) in [6.07, 6.45) is 3.39. The van der Waals surface area contributed by atoms with E-state index in [1.54, 1.807) is 12.5 Å². The molecular weight excluding hydrogens is 208 g/mol. The van der Waals surface area contributed by atoms with E-state index in [0.29, 0.717) is 19.6 Å². The van der Waals surface area contributed by atoms with Crippen molar-refractivity contribution in [1.82, 2.24) is 20.2 Å². The largest absolute Gasteiger partial charge is 0.347 e. The monoisotopic (exact) mass is 220 g/mol. The number of H-pyrrole nitrogens is 1. The number of nitrogens with zero attached hydrogens (tertiary/aromatic N) is 2. The predicted molar refractivity (Wildman–Crippen MR) is 54.0 cm³/mol. The number of hydrogen-bond donors (Lipinski definition) is 2. The van der Waals surface area contributed by atoms with Gasteiger partial charge in [-0.3, -0.25) is 19.8 Å². The molecule has 6 nitrogen and oxygen atoms in total. The Bertz CT molecular complexity index is 406. The van der Waals surface area contributed by atoms with Gasteiger partial charge >= 0.3 is 0 Å². The van der Waals surface area contributed by atoms with Crippen molar-refractivity contribution >= 4 is 11.8 Å². The summed E-state index contributed by atoms with van der Waals surface area (Å²) < 4.78 is 0. The summed E-state index contributed by atoms with van der Waals surface area (Å²) in [5, 5.41) is 2.37. The maximum absolute atomic E-state index is 11.4. The van der Waals surface area contributed by atoms with Crippen molar-refractivity contribution in [2.45, 2.75) is 6.54 Å². The molecule has 2 atom stereocenters. The van der Waals surface area contributed by atoms with Crippen molar-refractivity contribution in [2.75, 3.05) is 13.1 Å². The molecule has 6 heteroatoms.